The van der Waals surface area contributed by atoms with Gasteiger partial charge in [0.15, 0.2) is 0 Å². The molecule has 150 valence electrons. The quantitative estimate of drug-likeness (QED) is 0.319. The summed E-state index contributed by atoms with van der Waals surface area (Å²) in [5.74, 6) is -1.66. The van der Waals surface area contributed by atoms with Crippen LogP contribution in [0.2, 0.25) is 0 Å². The first kappa shape index (κ1) is 21.1. The molecule has 0 aromatic heterocycles. The summed E-state index contributed by atoms with van der Waals surface area (Å²) in [4.78, 5) is 50.9. The van der Waals surface area contributed by atoms with Gasteiger partial charge in [0.05, 0.1) is 12.2 Å². The molecule has 4 amide bonds. The number of likely N-dealkylation sites (N-methyl/N-ethyl adjacent to an activating group) is 2. The van der Waals surface area contributed by atoms with Crippen LogP contribution in [-0.2, 0) is 14.3 Å². The van der Waals surface area contributed by atoms with E-state index in [2.05, 4.69) is 5.32 Å². The van der Waals surface area contributed by atoms with E-state index in [0.29, 0.717) is 17.9 Å². The number of carbonyl (C=O) groups excluding carboxylic acids is 4. The zero-order valence-electron chi connectivity index (χ0n) is 16.4. The van der Waals surface area contributed by atoms with Crippen molar-refractivity contribution in [3.63, 3.8) is 0 Å². The summed E-state index contributed by atoms with van der Waals surface area (Å²) < 4.78 is 5.15. The second-order valence-electron chi connectivity index (χ2n) is 6.15. The lowest BCUT2D eigenvalue weighted by Gasteiger charge is -2.32. The number of esters is 1. The van der Waals surface area contributed by atoms with Gasteiger partial charge in [0.2, 0.25) is 0 Å². The van der Waals surface area contributed by atoms with Gasteiger partial charge in [-0.25, -0.2) is 9.59 Å². The van der Waals surface area contributed by atoms with Crippen molar-refractivity contribution in [3.8, 4) is 0 Å². The number of hydrogen-bond donors (Lipinski definition) is 1. The van der Waals surface area contributed by atoms with Crippen molar-refractivity contribution in [2.45, 2.75) is 33.6 Å². The maximum atomic E-state index is 12.4. The number of hydrogen-bond acceptors (Lipinski definition) is 6. The van der Waals surface area contributed by atoms with E-state index in [1.54, 1.807) is 38.1 Å². The Balaban J connectivity index is 2.11. The number of anilines is 1. The molecule has 0 spiro atoms. The fourth-order valence-electron chi connectivity index (χ4n) is 2.63. The molecule has 1 heterocycles. The maximum Gasteiger partial charge on any atom is 0.338 e. The summed E-state index contributed by atoms with van der Waals surface area (Å²) in [7, 11) is 0. The molecule has 0 atom stereocenters. The van der Waals surface area contributed by atoms with E-state index in [1.807, 2.05) is 6.92 Å². The normalized spacial score (nSPS) is 14.4. The third-order valence-electron chi connectivity index (χ3n) is 4.28. The highest BCUT2D eigenvalue weighted by Gasteiger charge is 2.40. The van der Waals surface area contributed by atoms with Gasteiger partial charge >= 0.3 is 12.0 Å². The van der Waals surface area contributed by atoms with E-state index in [-0.39, 0.29) is 18.7 Å². The second kappa shape index (κ2) is 9.68. The topological polar surface area (TPSA) is 96.0 Å². The van der Waals surface area contributed by atoms with Gasteiger partial charge in [-0.05, 0) is 44.5 Å². The Labute approximate surface area is 164 Å². The van der Waals surface area contributed by atoms with Crippen molar-refractivity contribution in [1.82, 2.24) is 9.80 Å². The lowest BCUT2D eigenvalue weighted by Crippen LogP contribution is -2.56. The number of nitrogens with one attached hydrogen (secondary N) is 1. The summed E-state index contributed by atoms with van der Waals surface area (Å²) in [6.07, 6.45) is 3.04. The van der Waals surface area contributed by atoms with Crippen LogP contribution >= 0.6 is 0 Å². The van der Waals surface area contributed by atoms with Crippen LogP contribution in [0, 0.1) is 0 Å². The number of nitrogens with zero attached hydrogens (tertiary/aromatic N) is 2. The van der Waals surface area contributed by atoms with Gasteiger partial charge in [0.1, 0.15) is 5.57 Å². The molecule has 0 radical (unpaired) electrons. The first-order valence-corrected chi connectivity index (χ1v) is 9.36. The Bertz CT molecular complexity index is 758. The number of urea groups is 1. The van der Waals surface area contributed by atoms with E-state index in [9.17, 15) is 19.2 Å². The first-order chi connectivity index (χ1) is 13.4. The monoisotopic (exact) mass is 387 g/mol. The number of barbiturate groups is 1. The van der Waals surface area contributed by atoms with Crippen molar-refractivity contribution < 1.29 is 23.9 Å². The zero-order chi connectivity index (χ0) is 20.7. The fourth-order valence-corrected chi connectivity index (χ4v) is 2.63. The predicted octanol–water partition coefficient (Wildman–Crippen LogP) is 2.77. The van der Waals surface area contributed by atoms with Gasteiger partial charge in [-0.1, -0.05) is 13.3 Å². The van der Waals surface area contributed by atoms with Crippen LogP contribution in [0.3, 0.4) is 0 Å². The maximum absolute atomic E-state index is 12.4. The van der Waals surface area contributed by atoms with Crippen molar-refractivity contribution >= 4 is 29.5 Å². The van der Waals surface area contributed by atoms with Gasteiger partial charge < -0.3 is 10.1 Å². The van der Waals surface area contributed by atoms with Gasteiger partial charge in [-0.2, -0.15) is 0 Å². The van der Waals surface area contributed by atoms with Crippen molar-refractivity contribution in [2.75, 3.05) is 25.0 Å². The summed E-state index contributed by atoms with van der Waals surface area (Å²) in [6, 6.07) is 5.87. The highest BCUT2D eigenvalue weighted by Crippen LogP contribution is 2.18. The molecule has 1 aromatic carbocycles. The highest BCUT2D eigenvalue weighted by molar-refractivity contribution is 6.28. The van der Waals surface area contributed by atoms with Crippen LogP contribution in [-0.4, -0.2) is 53.3 Å². The lowest BCUT2D eigenvalue weighted by atomic mass is 10.1. The molecule has 1 saturated heterocycles. The highest BCUT2D eigenvalue weighted by atomic mass is 16.5. The Morgan fingerprint density at radius 3 is 2.07 bits per heavy atom. The Morgan fingerprint density at radius 1 is 1.00 bits per heavy atom. The van der Waals surface area contributed by atoms with E-state index >= 15 is 0 Å². The molecule has 0 aliphatic carbocycles. The van der Waals surface area contributed by atoms with E-state index in [4.69, 9.17) is 4.74 Å². The smallest absolute Gasteiger partial charge is 0.338 e. The van der Waals surface area contributed by atoms with Crippen LogP contribution in [0.15, 0.2) is 36.0 Å². The van der Waals surface area contributed by atoms with Gasteiger partial charge in [-0.3, -0.25) is 19.4 Å². The lowest BCUT2D eigenvalue weighted by molar-refractivity contribution is -0.135. The van der Waals surface area contributed by atoms with Crippen LogP contribution in [0.1, 0.15) is 44.0 Å². The minimum atomic E-state index is -0.633. The number of ether oxygens (including phenoxy) is 1. The molecule has 1 aliphatic rings. The second-order valence-corrected chi connectivity index (χ2v) is 6.15. The molecule has 2 rings (SSSR count). The summed E-state index contributed by atoms with van der Waals surface area (Å²) in [6.45, 7) is 6.08. The fraction of sp³-hybridized carbons (Fsp3) is 0.400. The molecule has 0 saturated carbocycles. The largest absolute Gasteiger partial charge is 0.462 e. The number of benzene rings is 1. The molecule has 1 fully saturated rings. The first-order valence-electron chi connectivity index (χ1n) is 9.36. The molecule has 28 heavy (non-hydrogen) atoms. The molecule has 0 bridgehead atoms. The van der Waals surface area contributed by atoms with E-state index in [1.165, 1.54) is 6.20 Å². The Hall–Kier alpha value is -3.16. The van der Waals surface area contributed by atoms with Gasteiger partial charge in [0.25, 0.3) is 11.8 Å². The Kier molecular flexibility index (Phi) is 7.31. The van der Waals surface area contributed by atoms with Gasteiger partial charge in [0, 0.05) is 25.0 Å². The minimum Gasteiger partial charge on any atom is -0.462 e. The number of carbonyl (C=O) groups is 4. The third-order valence-corrected chi connectivity index (χ3v) is 4.28. The number of rotatable bonds is 8. The van der Waals surface area contributed by atoms with Crippen LogP contribution in [0.5, 0.6) is 0 Å². The SMILES string of the molecule is CCCCOC(=O)c1ccc(NC=C2C(=O)N(CC)C(=O)N(CC)C2=O)cc1. The standard InChI is InChI=1S/C20H25N3O5/c1-4-7-12-28-19(26)14-8-10-15(11-9-14)21-13-16-17(24)22(5-2)20(27)23(6-3)18(16)25/h8-11,13,21H,4-7,12H2,1-3H3. The molecule has 0 unspecified atom stereocenters. The average molecular weight is 387 g/mol. The molecule has 8 nitrogen and oxygen atoms in total. The average Bonchev–Trinajstić information content (AvgIpc) is 2.69. The summed E-state index contributed by atoms with van der Waals surface area (Å²) in [5.41, 5.74) is 0.881. The van der Waals surface area contributed by atoms with Crippen LogP contribution in [0.4, 0.5) is 10.5 Å². The third kappa shape index (κ3) is 4.57. The molecule has 1 aromatic rings. The minimum absolute atomic E-state index is 0.119. The predicted molar refractivity (Wildman–Crippen MR) is 104 cm³/mol. The van der Waals surface area contributed by atoms with Crippen molar-refractivity contribution in [1.29, 1.82) is 0 Å². The Morgan fingerprint density at radius 2 is 1.57 bits per heavy atom. The molecule has 1 N–H and O–H groups in total. The van der Waals surface area contributed by atoms with E-state index < -0.39 is 23.8 Å². The summed E-state index contributed by atoms with van der Waals surface area (Å²) in [5, 5.41) is 2.88. The molecular weight excluding hydrogens is 362 g/mol. The summed E-state index contributed by atoms with van der Waals surface area (Å²) >= 11 is 0. The number of amides is 4. The number of unbranched alkanes of at least 4 members (excludes halogenated alkanes) is 1. The van der Waals surface area contributed by atoms with Crippen LogP contribution < -0.4 is 5.32 Å². The zero-order valence-corrected chi connectivity index (χ0v) is 16.4. The van der Waals surface area contributed by atoms with Crippen molar-refractivity contribution in [2.24, 2.45) is 0 Å². The van der Waals surface area contributed by atoms with Crippen LogP contribution in [0.25, 0.3) is 0 Å². The van der Waals surface area contributed by atoms with Gasteiger partial charge in [-0.15, -0.1) is 0 Å². The number of imide groups is 2. The molecule has 1 aliphatic heterocycles. The molecular formula is C20H25N3O5. The van der Waals surface area contributed by atoms with E-state index in [0.717, 1.165) is 22.6 Å². The molecule has 8 heteroatoms. The van der Waals surface area contributed by atoms with Crippen molar-refractivity contribution in [3.05, 3.63) is 41.6 Å².